The SMILES string of the molecule is O=C(Nc1ncc(-c2ccccc2)s1)C1CSCCS1. The molecule has 1 aliphatic heterocycles. The Bertz CT molecular complexity index is 579. The molecule has 2 heterocycles. The Morgan fingerprint density at radius 3 is 2.85 bits per heavy atom. The lowest BCUT2D eigenvalue weighted by molar-refractivity contribution is -0.115. The Balaban J connectivity index is 1.66. The number of hydrogen-bond donors (Lipinski definition) is 1. The van der Waals surface area contributed by atoms with Crippen molar-refractivity contribution < 1.29 is 4.79 Å². The van der Waals surface area contributed by atoms with Crippen LogP contribution in [0.1, 0.15) is 0 Å². The molecule has 1 N–H and O–H groups in total. The van der Waals surface area contributed by atoms with Crippen molar-refractivity contribution >= 4 is 45.9 Å². The van der Waals surface area contributed by atoms with E-state index in [0.29, 0.717) is 5.13 Å². The van der Waals surface area contributed by atoms with Crippen LogP contribution in [0.25, 0.3) is 10.4 Å². The molecule has 20 heavy (non-hydrogen) atoms. The average Bonchev–Trinajstić information content (AvgIpc) is 2.97. The lowest BCUT2D eigenvalue weighted by atomic mass is 10.2. The molecule has 1 amide bonds. The third-order valence-corrected chi connectivity index (χ3v) is 6.62. The molecule has 1 fully saturated rings. The molecular weight excluding hydrogens is 308 g/mol. The summed E-state index contributed by atoms with van der Waals surface area (Å²) < 4.78 is 0. The fraction of sp³-hybridized carbons (Fsp3) is 0.286. The zero-order valence-corrected chi connectivity index (χ0v) is 13.2. The van der Waals surface area contributed by atoms with E-state index >= 15 is 0 Å². The summed E-state index contributed by atoms with van der Waals surface area (Å²) in [5, 5.41) is 3.67. The molecule has 3 rings (SSSR count). The predicted molar refractivity (Wildman–Crippen MR) is 89.8 cm³/mol. The second-order valence-electron chi connectivity index (χ2n) is 4.32. The normalized spacial score (nSPS) is 18.7. The minimum atomic E-state index is 0.0535. The van der Waals surface area contributed by atoms with Gasteiger partial charge in [-0.2, -0.15) is 11.8 Å². The number of carbonyl (C=O) groups excluding carboxylic acids is 1. The first-order chi connectivity index (χ1) is 9.83. The van der Waals surface area contributed by atoms with Crippen LogP contribution in [0.4, 0.5) is 5.13 Å². The van der Waals surface area contributed by atoms with Gasteiger partial charge in [0, 0.05) is 23.5 Å². The number of nitrogens with one attached hydrogen (secondary N) is 1. The highest BCUT2D eigenvalue weighted by Crippen LogP contribution is 2.30. The molecule has 1 saturated heterocycles. The van der Waals surface area contributed by atoms with E-state index in [4.69, 9.17) is 0 Å². The van der Waals surface area contributed by atoms with Gasteiger partial charge in [-0.1, -0.05) is 41.7 Å². The monoisotopic (exact) mass is 322 g/mol. The number of anilines is 1. The van der Waals surface area contributed by atoms with Crippen LogP contribution < -0.4 is 5.32 Å². The van der Waals surface area contributed by atoms with E-state index in [0.717, 1.165) is 27.7 Å². The first kappa shape index (κ1) is 14.0. The topological polar surface area (TPSA) is 42.0 Å². The zero-order chi connectivity index (χ0) is 13.8. The molecule has 104 valence electrons. The van der Waals surface area contributed by atoms with Crippen molar-refractivity contribution in [1.29, 1.82) is 0 Å². The molecule has 0 saturated carbocycles. The molecule has 1 aromatic heterocycles. The summed E-state index contributed by atoms with van der Waals surface area (Å²) in [5.41, 5.74) is 1.13. The minimum absolute atomic E-state index is 0.0535. The van der Waals surface area contributed by atoms with Gasteiger partial charge in [-0.25, -0.2) is 4.98 Å². The number of thiazole rings is 1. The Kier molecular flexibility index (Phi) is 4.65. The Hall–Kier alpha value is -0.980. The number of carbonyl (C=O) groups is 1. The van der Waals surface area contributed by atoms with Crippen LogP contribution in [0.2, 0.25) is 0 Å². The lowest BCUT2D eigenvalue weighted by Gasteiger charge is -2.19. The molecule has 1 aromatic carbocycles. The lowest BCUT2D eigenvalue weighted by Crippen LogP contribution is -2.29. The van der Waals surface area contributed by atoms with Crippen LogP contribution in [-0.2, 0) is 4.79 Å². The van der Waals surface area contributed by atoms with E-state index < -0.39 is 0 Å². The van der Waals surface area contributed by atoms with Crippen LogP contribution in [-0.4, -0.2) is 33.4 Å². The molecule has 0 radical (unpaired) electrons. The first-order valence-corrected chi connectivity index (χ1v) is 9.36. The standard InChI is InChI=1S/C14H14N2OS3/c17-13(12-9-18-6-7-19-12)16-14-15-8-11(20-14)10-4-2-1-3-5-10/h1-5,8,12H,6-7,9H2,(H,15,16,17). The molecule has 1 aliphatic rings. The van der Waals surface area contributed by atoms with E-state index in [-0.39, 0.29) is 11.2 Å². The number of rotatable bonds is 3. The maximum absolute atomic E-state index is 12.1. The van der Waals surface area contributed by atoms with Crippen molar-refractivity contribution in [2.75, 3.05) is 22.6 Å². The highest BCUT2D eigenvalue weighted by molar-refractivity contribution is 8.07. The first-order valence-electron chi connectivity index (χ1n) is 6.34. The summed E-state index contributed by atoms with van der Waals surface area (Å²) in [7, 11) is 0. The van der Waals surface area contributed by atoms with E-state index in [1.54, 1.807) is 11.8 Å². The Labute approximate surface area is 130 Å². The molecule has 3 nitrogen and oxygen atoms in total. The predicted octanol–water partition coefficient (Wildman–Crippen LogP) is 3.60. The second kappa shape index (κ2) is 6.65. The maximum Gasteiger partial charge on any atom is 0.240 e. The molecule has 0 aliphatic carbocycles. The van der Waals surface area contributed by atoms with Crippen LogP contribution in [0.5, 0.6) is 0 Å². The molecular formula is C14H14N2OS3. The Morgan fingerprint density at radius 2 is 2.10 bits per heavy atom. The molecule has 0 spiro atoms. The van der Waals surface area contributed by atoms with E-state index in [2.05, 4.69) is 10.3 Å². The van der Waals surface area contributed by atoms with Crippen molar-refractivity contribution in [3.8, 4) is 10.4 Å². The summed E-state index contributed by atoms with van der Waals surface area (Å²) in [4.78, 5) is 17.5. The van der Waals surface area contributed by atoms with Crippen molar-refractivity contribution in [2.45, 2.75) is 5.25 Å². The van der Waals surface area contributed by atoms with E-state index in [9.17, 15) is 4.79 Å². The van der Waals surface area contributed by atoms with E-state index in [1.807, 2.05) is 48.3 Å². The smallest absolute Gasteiger partial charge is 0.240 e. The summed E-state index contributed by atoms with van der Waals surface area (Å²) in [6, 6.07) is 10.1. The molecule has 6 heteroatoms. The highest BCUT2D eigenvalue weighted by atomic mass is 32.2. The highest BCUT2D eigenvalue weighted by Gasteiger charge is 2.22. The van der Waals surface area contributed by atoms with Crippen molar-refractivity contribution in [1.82, 2.24) is 4.98 Å². The summed E-state index contributed by atoms with van der Waals surface area (Å²) in [6.45, 7) is 0. The molecule has 2 aromatic rings. The summed E-state index contributed by atoms with van der Waals surface area (Å²) in [5.74, 6) is 3.17. The van der Waals surface area contributed by atoms with Gasteiger partial charge in [0.1, 0.15) is 0 Å². The van der Waals surface area contributed by atoms with Crippen LogP contribution in [0.3, 0.4) is 0 Å². The number of aromatic nitrogens is 1. The van der Waals surface area contributed by atoms with Gasteiger partial charge in [-0.05, 0) is 5.56 Å². The molecule has 0 bridgehead atoms. The molecule has 1 atom stereocenters. The molecule has 1 unspecified atom stereocenters. The van der Waals surface area contributed by atoms with Gasteiger partial charge in [-0.3, -0.25) is 4.79 Å². The quantitative estimate of drug-likeness (QED) is 0.937. The van der Waals surface area contributed by atoms with Gasteiger partial charge >= 0.3 is 0 Å². The fourth-order valence-electron chi connectivity index (χ4n) is 1.89. The number of thioether (sulfide) groups is 2. The van der Waals surface area contributed by atoms with Gasteiger partial charge in [-0.15, -0.1) is 11.8 Å². The largest absolute Gasteiger partial charge is 0.301 e. The van der Waals surface area contributed by atoms with Crippen LogP contribution in [0.15, 0.2) is 36.5 Å². The number of nitrogens with zero attached hydrogens (tertiary/aromatic N) is 1. The summed E-state index contributed by atoms with van der Waals surface area (Å²) >= 11 is 5.10. The fourth-order valence-corrected chi connectivity index (χ4v) is 5.27. The third kappa shape index (κ3) is 3.37. The van der Waals surface area contributed by atoms with Gasteiger partial charge in [0.05, 0.1) is 10.1 Å². The van der Waals surface area contributed by atoms with E-state index in [1.165, 1.54) is 11.3 Å². The number of amides is 1. The van der Waals surface area contributed by atoms with Crippen molar-refractivity contribution in [3.05, 3.63) is 36.5 Å². The average molecular weight is 322 g/mol. The van der Waals surface area contributed by atoms with Gasteiger partial charge < -0.3 is 5.32 Å². The van der Waals surface area contributed by atoms with Gasteiger partial charge in [0.25, 0.3) is 0 Å². The van der Waals surface area contributed by atoms with Crippen LogP contribution in [0, 0.1) is 0 Å². The zero-order valence-electron chi connectivity index (χ0n) is 10.7. The van der Waals surface area contributed by atoms with Gasteiger partial charge in [0.2, 0.25) is 5.91 Å². The van der Waals surface area contributed by atoms with Gasteiger partial charge in [0.15, 0.2) is 5.13 Å². The van der Waals surface area contributed by atoms with Crippen molar-refractivity contribution in [2.24, 2.45) is 0 Å². The van der Waals surface area contributed by atoms with Crippen molar-refractivity contribution in [3.63, 3.8) is 0 Å². The number of benzene rings is 1. The number of hydrogen-bond acceptors (Lipinski definition) is 5. The maximum atomic E-state index is 12.1. The van der Waals surface area contributed by atoms with Crippen LogP contribution >= 0.6 is 34.9 Å². The summed E-state index contributed by atoms with van der Waals surface area (Å²) in [6.07, 6.45) is 1.82. The third-order valence-electron chi connectivity index (χ3n) is 2.90. The second-order valence-corrected chi connectivity index (χ2v) is 7.81. The minimum Gasteiger partial charge on any atom is -0.301 e. The Morgan fingerprint density at radius 1 is 1.25 bits per heavy atom.